The highest BCUT2D eigenvalue weighted by Gasteiger charge is 2.29. The molecule has 1 atom stereocenters. The molecule has 6 heteroatoms. The van der Waals surface area contributed by atoms with E-state index in [0.29, 0.717) is 12.1 Å². The monoisotopic (exact) mass is 330 g/mol. The topological polar surface area (TPSA) is 69.6 Å². The maximum Gasteiger partial charge on any atom is 0.252 e. The van der Waals surface area contributed by atoms with Crippen LogP contribution in [-0.4, -0.2) is 34.9 Å². The summed E-state index contributed by atoms with van der Waals surface area (Å²) < 4.78 is 0. The van der Waals surface area contributed by atoms with Crippen LogP contribution in [0.5, 0.6) is 5.75 Å². The van der Waals surface area contributed by atoms with Crippen LogP contribution in [0.3, 0.4) is 0 Å². The summed E-state index contributed by atoms with van der Waals surface area (Å²) in [5.74, 6) is -0.0863. The maximum atomic E-state index is 12.4. The molecule has 2 N–H and O–H groups in total. The van der Waals surface area contributed by atoms with Gasteiger partial charge < -0.3 is 15.3 Å². The molecule has 1 fully saturated rings. The zero-order chi connectivity index (χ0) is 16.2. The number of nitrogens with one attached hydrogen (secondary N) is 1. The molecule has 1 aliphatic rings. The third-order valence-electron chi connectivity index (χ3n) is 4.03. The van der Waals surface area contributed by atoms with Gasteiger partial charge in [-0.05, 0) is 42.0 Å². The minimum atomic E-state index is -0.222. The fraction of sp³-hybridized carbons (Fsp3) is 0.294. The zero-order valence-corrected chi connectivity index (χ0v) is 13.4. The van der Waals surface area contributed by atoms with Gasteiger partial charge in [-0.3, -0.25) is 9.59 Å². The first-order chi connectivity index (χ1) is 11.1. The first kappa shape index (κ1) is 15.6. The highest BCUT2D eigenvalue weighted by molar-refractivity contribution is 7.08. The van der Waals surface area contributed by atoms with E-state index < -0.39 is 0 Å². The number of amides is 2. The molecule has 1 saturated heterocycles. The van der Waals surface area contributed by atoms with Gasteiger partial charge in [0.05, 0.1) is 12.6 Å². The summed E-state index contributed by atoms with van der Waals surface area (Å²) in [5, 5.41) is 15.7. The molecule has 0 spiro atoms. The number of likely N-dealkylation sites (tertiary alicyclic amines) is 1. The quantitative estimate of drug-likeness (QED) is 0.905. The van der Waals surface area contributed by atoms with Gasteiger partial charge in [0.15, 0.2) is 0 Å². The number of phenols is 1. The van der Waals surface area contributed by atoms with E-state index in [2.05, 4.69) is 5.32 Å². The number of phenolic OH excluding ortho intramolecular Hbond substituents is 1. The number of nitrogens with zero attached hydrogens (tertiary/aromatic N) is 1. The normalized spacial score (nSPS) is 17.2. The van der Waals surface area contributed by atoms with Crippen molar-refractivity contribution in [1.29, 1.82) is 0 Å². The molecule has 2 amide bonds. The molecule has 120 valence electrons. The number of hydrogen-bond donors (Lipinski definition) is 2. The first-order valence-electron chi connectivity index (χ1n) is 7.54. The second-order valence-electron chi connectivity index (χ2n) is 5.53. The molecule has 2 aromatic rings. The van der Waals surface area contributed by atoms with Gasteiger partial charge >= 0.3 is 0 Å². The average Bonchev–Trinajstić information content (AvgIpc) is 3.24. The molecule has 1 aromatic heterocycles. The van der Waals surface area contributed by atoms with Gasteiger partial charge in [-0.1, -0.05) is 12.1 Å². The third kappa shape index (κ3) is 3.53. The molecule has 0 aliphatic carbocycles. The second-order valence-corrected chi connectivity index (χ2v) is 6.31. The van der Waals surface area contributed by atoms with Crippen LogP contribution in [-0.2, 0) is 4.79 Å². The van der Waals surface area contributed by atoms with E-state index in [-0.39, 0.29) is 30.2 Å². The zero-order valence-electron chi connectivity index (χ0n) is 12.6. The third-order valence-corrected chi connectivity index (χ3v) is 4.72. The van der Waals surface area contributed by atoms with Crippen LogP contribution in [0.4, 0.5) is 0 Å². The van der Waals surface area contributed by atoms with Crippen LogP contribution >= 0.6 is 11.3 Å². The predicted molar refractivity (Wildman–Crippen MR) is 88.4 cm³/mol. The van der Waals surface area contributed by atoms with Crippen LogP contribution in [0.1, 0.15) is 34.8 Å². The Bertz CT molecular complexity index is 682. The smallest absolute Gasteiger partial charge is 0.252 e. The second kappa shape index (κ2) is 6.83. The number of aromatic hydroxyl groups is 1. The lowest BCUT2D eigenvalue weighted by atomic mass is 10.0. The molecule has 1 aromatic carbocycles. The van der Waals surface area contributed by atoms with E-state index in [1.807, 2.05) is 17.5 Å². The Morgan fingerprint density at radius 2 is 2.04 bits per heavy atom. The van der Waals surface area contributed by atoms with E-state index in [4.69, 9.17) is 0 Å². The summed E-state index contributed by atoms with van der Waals surface area (Å²) in [4.78, 5) is 26.2. The standard InChI is InChI=1S/C17H18N2O3S/c20-14-5-3-12(4-6-14)15-2-1-8-19(15)16(21)10-18-17(22)13-7-9-23-11-13/h3-7,9,11,15,20H,1-2,8,10H2,(H,18,22)/t15-/m1/s1. The maximum absolute atomic E-state index is 12.4. The minimum Gasteiger partial charge on any atom is -0.508 e. The van der Waals surface area contributed by atoms with Gasteiger partial charge in [0.25, 0.3) is 5.91 Å². The van der Waals surface area contributed by atoms with E-state index in [0.717, 1.165) is 18.4 Å². The van der Waals surface area contributed by atoms with Gasteiger partial charge in [-0.2, -0.15) is 11.3 Å². The highest BCUT2D eigenvalue weighted by Crippen LogP contribution is 2.32. The Kier molecular flexibility index (Phi) is 4.62. The Hall–Kier alpha value is -2.34. The van der Waals surface area contributed by atoms with E-state index in [1.54, 1.807) is 28.5 Å². The molecular weight excluding hydrogens is 312 g/mol. The van der Waals surface area contributed by atoms with Crippen molar-refractivity contribution < 1.29 is 14.7 Å². The summed E-state index contributed by atoms with van der Waals surface area (Å²) in [6.07, 6.45) is 1.84. The molecule has 0 unspecified atom stereocenters. The lowest BCUT2D eigenvalue weighted by Crippen LogP contribution is -2.39. The highest BCUT2D eigenvalue weighted by atomic mass is 32.1. The van der Waals surface area contributed by atoms with E-state index >= 15 is 0 Å². The van der Waals surface area contributed by atoms with Gasteiger partial charge in [-0.15, -0.1) is 0 Å². The fourth-order valence-corrected chi connectivity index (χ4v) is 3.50. The summed E-state index contributed by atoms with van der Waals surface area (Å²) >= 11 is 1.45. The fourth-order valence-electron chi connectivity index (χ4n) is 2.86. The Labute approximate surface area is 138 Å². The molecule has 23 heavy (non-hydrogen) atoms. The predicted octanol–water partition coefficient (Wildman–Crippen LogP) is 2.55. The largest absolute Gasteiger partial charge is 0.508 e. The van der Waals surface area contributed by atoms with Gasteiger partial charge in [0.2, 0.25) is 5.91 Å². The van der Waals surface area contributed by atoms with Crippen molar-refractivity contribution in [2.24, 2.45) is 0 Å². The van der Waals surface area contributed by atoms with Crippen molar-refractivity contribution in [2.75, 3.05) is 13.1 Å². The Balaban J connectivity index is 1.62. The van der Waals surface area contributed by atoms with Gasteiger partial charge in [0, 0.05) is 17.5 Å². The molecule has 0 radical (unpaired) electrons. The van der Waals surface area contributed by atoms with Crippen LogP contribution in [0.25, 0.3) is 0 Å². The first-order valence-corrected chi connectivity index (χ1v) is 8.48. The molecular formula is C17H18N2O3S. The number of carbonyl (C=O) groups is 2. The molecule has 5 nitrogen and oxygen atoms in total. The lowest BCUT2D eigenvalue weighted by molar-refractivity contribution is -0.131. The van der Waals surface area contributed by atoms with Crippen LogP contribution in [0.15, 0.2) is 41.1 Å². The van der Waals surface area contributed by atoms with Gasteiger partial charge in [0.1, 0.15) is 5.75 Å². The van der Waals surface area contributed by atoms with Gasteiger partial charge in [-0.25, -0.2) is 0 Å². The number of hydrogen-bond acceptors (Lipinski definition) is 4. The summed E-state index contributed by atoms with van der Waals surface area (Å²) in [6.45, 7) is 0.696. The van der Waals surface area contributed by atoms with Crippen molar-refractivity contribution in [1.82, 2.24) is 10.2 Å². The van der Waals surface area contributed by atoms with Crippen molar-refractivity contribution in [3.8, 4) is 5.75 Å². The van der Waals surface area contributed by atoms with Crippen molar-refractivity contribution in [2.45, 2.75) is 18.9 Å². The Morgan fingerprint density at radius 3 is 2.74 bits per heavy atom. The van der Waals surface area contributed by atoms with E-state index in [9.17, 15) is 14.7 Å². The summed E-state index contributed by atoms with van der Waals surface area (Å²) in [6, 6.07) is 8.70. The summed E-state index contributed by atoms with van der Waals surface area (Å²) in [5.41, 5.74) is 1.59. The molecule has 1 aliphatic heterocycles. The molecule has 0 bridgehead atoms. The number of rotatable bonds is 4. The van der Waals surface area contributed by atoms with Crippen molar-refractivity contribution >= 4 is 23.2 Å². The number of carbonyl (C=O) groups excluding carboxylic acids is 2. The lowest BCUT2D eigenvalue weighted by Gasteiger charge is -2.25. The Morgan fingerprint density at radius 1 is 1.26 bits per heavy atom. The number of benzene rings is 1. The van der Waals surface area contributed by atoms with Crippen molar-refractivity contribution in [3.05, 3.63) is 52.2 Å². The summed E-state index contributed by atoms with van der Waals surface area (Å²) in [7, 11) is 0. The SMILES string of the molecule is O=C(NCC(=O)N1CCC[C@@H]1c1ccc(O)cc1)c1ccsc1. The van der Waals surface area contributed by atoms with Crippen LogP contribution < -0.4 is 5.32 Å². The van der Waals surface area contributed by atoms with Crippen molar-refractivity contribution in [3.63, 3.8) is 0 Å². The minimum absolute atomic E-state index is 0.00324. The van der Waals surface area contributed by atoms with E-state index in [1.165, 1.54) is 11.3 Å². The molecule has 2 heterocycles. The average molecular weight is 330 g/mol. The number of thiophene rings is 1. The molecule has 3 rings (SSSR count). The van der Waals surface area contributed by atoms with Crippen LogP contribution in [0.2, 0.25) is 0 Å². The van der Waals surface area contributed by atoms with Crippen LogP contribution in [0, 0.1) is 0 Å². The molecule has 0 saturated carbocycles.